The normalized spacial score (nSPS) is 12.1. The smallest absolute Gasteiger partial charge is 0.226 e. The van der Waals surface area contributed by atoms with Crippen molar-refractivity contribution in [2.75, 3.05) is 18.6 Å². The van der Waals surface area contributed by atoms with E-state index in [4.69, 9.17) is 4.74 Å². The van der Waals surface area contributed by atoms with Gasteiger partial charge >= 0.3 is 0 Å². The first-order valence-corrected chi connectivity index (χ1v) is 12.7. The van der Waals surface area contributed by atoms with Crippen LogP contribution in [0.25, 0.3) is 16.2 Å². The van der Waals surface area contributed by atoms with E-state index in [1.807, 2.05) is 65.4 Å². The van der Waals surface area contributed by atoms with Gasteiger partial charge in [0.05, 0.1) is 24.8 Å². The summed E-state index contributed by atoms with van der Waals surface area (Å²) in [7, 11) is 0. The van der Waals surface area contributed by atoms with E-state index in [-0.39, 0.29) is 18.4 Å². The minimum absolute atomic E-state index is 0.0765. The number of aromatic nitrogens is 4. The van der Waals surface area contributed by atoms with Gasteiger partial charge in [0.25, 0.3) is 0 Å². The van der Waals surface area contributed by atoms with Gasteiger partial charge in [-0.15, -0.1) is 21.5 Å². The van der Waals surface area contributed by atoms with Crippen LogP contribution < -0.4 is 10.1 Å². The van der Waals surface area contributed by atoms with Crippen molar-refractivity contribution < 1.29 is 9.53 Å². The van der Waals surface area contributed by atoms with Crippen molar-refractivity contribution in [1.29, 1.82) is 0 Å². The third-order valence-corrected chi connectivity index (χ3v) is 6.49. The molecule has 1 amide bonds. The summed E-state index contributed by atoms with van der Waals surface area (Å²) in [6.07, 6.45) is 4.97. The van der Waals surface area contributed by atoms with Crippen molar-refractivity contribution in [3.8, 4) is 16.3 Å². The predicted octanol–water partition coefficient (Wildman–Crippen LogP) is 4.40. The summed E-state index contributed by atoms with van der Waals surface area (Å²) in [5.74, 6) is 2.42. The lowest BCUT2D eigenvalue weighted by Crippen LogP contribution is -2.31. The molecule has 0 aliphatic rings. The maximum Gasteiger partial charge on any atom is 0.226 e. The molecule has 0 spiro atoms. The van der Waals surface area contributed by atoms with E-state index in [1.54, 1.807) is 11.8 Å². The fourth-order valence-corrected chi connectivity index (χ4v) is 4.69. The number of thiazole rings is 1. The van der Waals surface area contributed by atoms with Crippen LogP contribution >= 0.6 is 23.1 Å². The van der Waals surface area contributed by atoms with Crippen LogP contribution in [0.3, 0.4) is 0 Å². The molecule has 1 unspecified atom stereocenters. The Morgan fingerprint density at radius 1 is 1.22 bits per heavy atom. The minimum Gasteiger partial charge on any atom is -0.494 e. The Hall–Kier alpha value is -2.91. The van der Waals surface area contributed by atoms with Crippen molar-refractivity contribution in [2.45, 2.75) is 25.8 Å². The molecule has 32 heavy (non-hydrogen) atoms. The Morgan fingerprint density at radius 2 is 2.06 bits per heavy atom. The molecule has 1 atom stereocenters. The van der Waals surface area contributed by atoms with Crippen molar-refractivity contribution in [2.24, 2.45) is 0 Å². The first-order chi connectivity index (χ1) is 15.7. The Kier molecular flexibility index (Phi) is 7.39. The molecule has 3 aromatic heterocycles. The summed E-state index contributed by atoms with van der Waals surface area (Å²) in [5, 5.41) is 14.5. The zero-order valence-electron chi connectivity index (χ0n) is 18.0. The lowest BCUT2D eigenvalue weighted by atomic mass is 10.2. The predicted molar refractivity (Wildman–Crippen MR) is 129 cm³/mol. The van der Waals surface area contributed by atoms with Gasteiger partial charge in [0, 0.05) is 17.1 Å². The largest absolute Gasteiger partial charge is 0.494 e. The molecular formula is C23H25N5O2S2. The number of nitrogens with zero attached hydrogens (tertiary/aromatic N) is 4. The highest BCUT2D eigenvalue weighted by molar-refractivity contribution is 7.98. The average Bonchev–Trinajstić information content (AvgIpc) is 3.45. The number of fused-ring (bicyclic) bond motifs is 1. The molecule has 4 aromatic rings. The molecule has 1 N–H and O–H groups in total. The van der Waals surface area contributed by atoms with Gasteiger partial charge in [-0.2, -0.15) is 11.8 Å². The van der Waals surface area contributed by atoms with Crippen LogP contribution in [-0.4, -0.2) is 44.1 Å². The van der Waals surface area contributed by atoms with Gasteiger partial charge < -0.3 is 10.1 Å². The molecule has 0 aliphatic carbocycles. The molecule has 1 aromatic carbocycles. The Morgan fingerprint density at radius 3 is 2.84 bits per heavy atom. The fourth-order valence-electron chi connectivity index (χ4n) is 3.39. The van der Waals surface area contributed by atoms with E-state index < -0.39 is 0 Å². The first kappa shape index (κ1) is 22.3. The van der Waals surface area contributed by atoms with Gasteiger partial charge in [0.2, 0.25) is 5.91 Å². The molecule has 0 fully saturated rings. The lowest BCUT2D eigenvalue weighted by molar-refractivity contribution is -0.121. The van der Waals surface area contributed by atoms with Gasteiger partial charge in [-0.25, -0.2) is 4.98 Å². The van der Waals surface area contributed by atoms with Crippen LogP contribution in [0.5, 0.6) is 5.75 Å². The monoisotopic (exact) mass is 467 g/mol. The average molecular weight is 468 g/mol. The second-order valence-electron chi connectivity index (χ2n) is 7.17. The minimum atomic E-state index is -0.212. The molecule has 0 aliphatic heterocycles. The molecule has 0 saturated heterocycles. The van der Waals surface area contributed by atoms with Gasteiger partial charge in [0.15, 0.2) is 11.5 Å². The van der Waals surface area contributed by atoms with Crippen LogP contribution in [0.4, 0.5) is 0 Å². The second-order valence-corrected chi connectivity index (χ2v) is 9.01. The number of pyridine rings is 1. The summed E-state index contributed by atoms with van der Waals surface area (Å²) in [6, 6.07) is 13.4. The molecule has 0 saturated carbocycles. The summed E-state index contributed by atoms with van der Waals surface area (Å²) < 4.78 is 7.42. The van der Waals surface area contributed by atoms with E-state index >= 15 is 0 Å². The summed E-state index contributed by atoms with van der Waals surface area (Å²) in [5.41, 5.74) is 2.54. The Balaban J connectivity index is 1.44. The maximum atomic E-state index is 12.9. The molecular weight excluding hydrogens is 442 g/mol. The number of benzene rings is 1. The van der Waals surface area contributed by atoms with Crippen molar-refractivity contribution in [1.82, 2.24) is 24.9 Å². The summed E-state index contributed by atoms with van der Waals surface area (Å²) in [4.78, 5) is 17.5. The summed E-state index contributed by atoms with van der Waals surface area (Å²) >= 11 is 3.27. The highest BCUT2D eigenvalue weighted by Crippen LogP contribution is 2.26. The van der Waals surface area contributed by atoms with Crippen LogP contribution in [0.15, 0.2) is 54.0 Å². The number of ether oxygens (including phenoxy) is 1. The molecule has 9 heteroatoms. The van der Waals surface area contributed by atoms with E-state index in [0.29, 0.717) is 6.61 Å². The van der Waals surface area contributed by atoms with Crippen molar-refractivity contribution in [3.63, 3.8) is 0 Å². The highest BCUT2D eigenvalue weighted by Gasteiger charge is 2.21. The number of nitrogens with one attached hydrogen (secondary N) is 1. The molecule has 3 heterocycles. The summed E-state index contributed by atoms with van der Waals surface area (Å²) in [6.45, 7) is 2.60. The van der Waals surface area contributed by atoms with Gasteiger partial charge in [-0.05, 0) is 61.8 Å². The number of carbonyl (C=O) groups is 1. The Labute approximate surface area is 195 Å². The third-order valence-electron chi connectivity index (χ3n) is 4.90. The number of rotatable bonds is 10. The highest BCUT2D eigenvalue weighted by atomic mass is 32.2. The van der Waals surface area contributed by atoms with Crippen LogP contribution in [0, 0.1) is 0 Å². The van der Waals surface area contributed by atoms with E-state index in [0.717, 1.165) is 45.7 Å². The third kappa shape index (κ3) is 5.28. The van der Waals surface area contributed by atoms with Crippen LogP contribution in [-0.2, 0) is 11.2 Å². The zero-order valence-corrected chi connectivity index (χ0v) is 19.7. The number of carbonyl (C=O) groups excluding carboxylic acids is 1. The SMILES string of the molecule is CCOc1ccc(-c2nc(CC(=O)NC(CCSC)c3nnc4ccccn34)cs2)cc1. The second kappa shape index (κ2) is 10.6. The number of hydrogen-bond donors (Lipinski definition) is 1. The number of amides is 1. The Bertz CT molecular complexity index is 1170. The van der Waals surface area contributed by atoms with E-state index in [9.17, 15) is 4.79 Å². The lowest BCUT2D eigenvalue weighted by Gasteiger charge is -2.16. The first-order valence-electron chi connectivity index (χ1n) is 10.4. The van der Waals surface area contributed by atoms with E-state index in [2.05, 4.69) is 26.8 Å². The van der Waals surface area contributed by atoms with Gasteiger partial charge in [-0.1, -0.05) is 6.07 Å². The number of hydrogen-bond acceptors (Lipinski definition) is 7. The molecule has 7 nitrogen and oxygen atoms in total. The molecule has 4 rings (SSSR count). The van der Waals surface area contributed by atoms with Gasteiger partial charge in [0.1, 0.15) is 10.8 Å². The number of thioether (sulfide) groups is 1. The molecule has 166 valence electrons. The van der Waals surface area contributed by atoms with Gasteiger partial charge in [-0.3, -0.25) is 9.20 Å². The van der Waals surface area contributed by atoms with Crippen LogP contribution in [0.1, 0.15) is 30.9 Å². The van der Waals surface area contributed by atoms with Crippen molar-refractivity contribution >= 4 is 34.7 Å². The van der Waals surface area contributed by atoms with E-state index in [1.165, 1.54) is 11.3 Å². The van der Waals surface area contributed by atoms with Crippen LogP contribution in [0.2, 0.25) is 0 Å². The standard InChI is InChI=1S/C23H25N5O2S2/c1-3-30-18-9-7-16(8-10-18)23-24-17(15-32-23)14-21(29)25-19(11-13-31-2)22-27-26-20-6-4-5-12-28(20)22/h4-10,12,15,19H,3,11,13-14H2,1-2H3,(H,25,29). The molecule has 0 bridgehead atoms. The zero-order chi connectivity index (χ0) is 22.3. The molecule has 0 radical (unpaired) electrons. The quantitative estimate of drug-likeness (QED) is 0.372. The topological polar surface area (TPSA) is 81.4 Å². The fraction of sp³-hybridized carbons (Fsp3) is 0.304. The van der Waals surface area contributed by atoms with Crippen molar-refractivity contribution in [3.05, 3.63) is 65.6 Å². The maximum absolute atomic E-state index is 12.9.